The van der Waals surface area contributed by atoms with E-state index in [0.29, 0.717) is 11.5 Å². The molecular weight excluding hydrogens is 360 g/mol. The summed E-state index contributed by atoms with van der Waals surface area (Å²) in [7, 11) is 3.26. The molecule has 3 aromatic carbocycles. The second-order valence-corrected chi connectivity index (χ2v) is 6.76. The first-order valence-corrected chi connectivity index (χ1v) is 9.42. The third-order valence-corrected chi connectivity index (χ3v) is 4.88. The Kier molecular flexibility index (Phi) is 5.25. The Bertz CT molecular complexity index is 1120. The van der Waals surface area contributed by atoms with Crippen molar-refractivity contribution in [1.82, 2.24) is 10.2 Å². The van der Waals surface area contributed by atoms with Crippen molar-refractivity contribution in [3.05, 3.63) is 84.6 Å². The lowest BCUT2D eigenvalue weighted by Gasteiger charge is -2.13. The fourth-order valence-corrected chi connectivity index (χ4v) is 3.38. The van der Waals surface area contributed by atoms with Crippen LogP contribution in [0.3, 0.4) is 0 Å². The molecule has 4 aromatic rings. The minimum absolute atomic E-state index is 0.665. The van der Waals surface area contributed by atoms with Gasteiger partial charge in [0.05, 0.1) is 19.9 Å². The average Bonchev–Trinajstić information content (AvgIpc) is 2.79. The Balaban J connectivity index is 1.78. The molecule has 0 amide bonds. The van der Waals surface area contributed by atoms with Crippen LogP contribution >= 0.6 is 0 Å². The van der Waals surface area contributed by atoms with Crippen molar-refractivity contribution in [3.63, 3.8) is 0 Å². The second kappa shape index (κ2) is 8.15. The summed E-state index contributed by atoms with van der Waals surface area (Å²) in [5, 5.41) is 8.77. The Labute approximate surface area is 170 Å². The maximum atomic E-state index is 5.46. The predicted molar refractivity (Wildman–Crippen MR) is 116 cm³/mol. The van der Waals surface area contributed by atoms with Crippen LogP contribution in [0.4, 0.5) is 0 Å². The highest BCUT2D eigenvalue weighted by molar-refractivity contribution is 5.82. The van der Waals surface area contributed by atoms with Gasteiger partial charge in [-0.05, 0) is 47.9 Å². The fourth-order valence-electron chi connectivity index (χ4n) is 3.38. The van der Waals surface area contributed by atoms with E-state index in [1.807, 2.05) is 31.2 Å². The van der Waals surface area contributed by atoms with Gasteiger partial charge in [-0.25, -0.2) is 0 Å². The van der Waals surface area contributed by atoms with Crippen LogP contribution in [0.1, 0.15) is 5.69 Å². The quantitative estimate of drug-likeness (QED) is 0.437. The molecule has 1 heterocycles. The number of hydrogen-bond acceptors (Lipinski definition) is 4. The maximum absolute atomic E-state index is 5.46. The zero-order valence-electron chi connectivity index (χ0n) is 16.7. The number of benzene rings is 3. The molecule has 0 aliphatic rings. The monoisotopic (exact) mass is 382 g/mol. The zero-order chi connectivity index (χ0) is 20.2. The standard InChI is InChI=1S/C25H22N2O2/c1-17-15-22(20-11-9-19(10-12-20)18-7-5-4-6-8-18)25(27-26-17)21-13-14-23(28-2)24(16-21)29-3/h4-16H,1-3H3. The van der Waals surface area contributed by atoms with Gasteiger partial charge in [-0.2, -0.15) is 5.10 Å². The number of methoxy groups -OCH3 is 2. The van der Waals surface area contributed by atoms with E-state index in [9.17, 15) is 0 Å². The molecule has 4 heteroatoms. The molecule has 4 nitrogen and oxygen atoms in total. The van der Waals surface area contributed by atoms with Crippen molar-refractivity contribution in [3.8, 4) is 45.0 Å². The summed E-state index contributed by atoms with van der Waals surface area (Å²) in [5.41, 5.74) is 7.11. The minimum atomic E-state index is 0.665. The Morgan fingerprint density at radius 3 is 1.90 bits per heavy atom. The van der Waals surface area contributed by atoms with Gasteiger partial charge in [0.1, 0.15) is 5.69 Å². The van der Waals surface area contributed by atoms with Crippen molar-refractivity contribution < 1.29 is 9.47 Å². The van der Waals surface area contributed by atoms with Crippen LogP contribution in [0.15, 0.2) is 78.9 Å². The van der Waals surface area contributed by atoms with Gasteiger partial charge in [0.15, 0.2) is 11.5 Å². The van der Waals surface area contributed by atoms with Gasteiger partial charge in [-0.15, -0.1) is 5.10 Å². The summed E-state index contributed by atoms with van der Waals surface area (Å²) in [6.07, 6.45) is 0. The molecule has 0 saturated heterocycles. The summed E-state index contributed by atoms with van der Waals surface area (Å²) < 4.78 is 10.8. The number of aryl methyl sites for hydroxylation is 1. The van der Waals surface area contributed by atoms with Crippen LogP contribution in [0, 0.1) is 6.92 Å². The van der Waals surface area contributed by atoms with Gasteiger partial charge in [0.2, 0.25) is 0 Å². The molecule has 0 radical (unpaired) electrons. The summed E-state index contributed by atoms with van der Waals surface area (Å²) in [6.45, 7) is 1.95. The van der Waals surface area contributed by atoms with E-state index in [4.69, 9.17) is 9.47 Å². The van der Waals surface area contributed by atoms with E-state index in [1.54, 1.807) is 14.2 Å². The van der Waals surface area contributed by atoms with Crippen LogP contribution < -0.4 is 9.47 Å². The second-order valence-electron chi connectivity index (χ2n) is 6.76. The highest BCUT2D eigenvalue weighted by Crippen LogP contribution is 2.36. The van der Waals surface area contributed by atoms with Crippen LogP contribution in [-0.4, -0.2) is 24.4 Å². The van der Waals surface area contributed by atoms with Gasteiger partial charge in [-0.1, -0.05) is 54.6 Å². The van der Waals surface area contributed by atoms with Gasteiger partial charge < -0.3 is 9.47 Å². The van der Waals surface area contributed by atoms with Crippen molar-refractivity contribution in [2.45, 2.75) is 6.92 Å². The topological polar surface area (TPSA) is 44.2 Å². The van der Waals surface area contributed by atoms with Crippen LogP contribution in [0.25, 0.3) is 33.5 Å². The van der Waals surface area contributed by atoms with Crippen molar-refractivity contribution in [2.24, 2.45) is 0 Å². The normalized spacial score (nSPS) is 10.6. The highest BCUT2D eigenvalue weighted by Gasteiger charge is 2.14. The number of hydrogen-bond donors (Lipinski definition) is 0. The summed E-state index contributed by atoms with van der Waals surface area (Å²) in [5.74, 6) is 1.35. The summed E-state index contributed by atoms with van der Waals surface area (Å²) >= 11 is 0. The highest BCUT2D eigenvalue weighted by atomic mass is 16.5. The van der Waals surface area contributed by atoms with E-state index < -0.39 is 0 Å². The molecule has 0 fully saturated rings. The Morgan fingerprint density at radius 2 is 1.21 bits per heavy atom. The van der Waals surface area contributed by atoms with E-state index in [2.05, 4.69) is 64.8 Å². The van der Waals surface area contributed by atoms with Gasteiger partial charge >= 0.3 is 0 Å². The van der Waals surface area contributed by atoms with E-state index in [0.717, 1.165) is 28.1 Å². The van der Waals surface area contributed by atoms with E-state index in [-0.39, 0.29) is 0 Å². The molecule has 0 aliphatic heterocycles. The molecule has 0 atom stereocenters. The molecule has 0 unspecified atom stereocenters. The third-order valence-electron chi connectivity index (χ3n) is 4.88. The van der Waals surface area contributed by atoms with E-state index in [1.165, 1.54) is 11.1 Å². The van der Waals surface area contributed by atoms with Crippen molar-refractivity contribution in [2.75, 3.05) is 14.2 Å². The van der Waals surface area contributed by atoms with Gasteiger partial charge in [-0.3, -0.25) is 0 Å². The Hall–Kier alpha value is -3.66. The number of ether oxygens (including phenoxy) is 2. The van der Waals surface area contributed by atoms with Gasteiger partial charge in [0.25, 0.3) is 0 Å². The predicted octanol–water partition coefficient (Wildman–Crippen LogP) is 5.80. The summed E-state index contributed by atoms with van der Waals surface area (Å²) in [4.78, 5) is 0. The number of rotatable bonds is 5. The van der Waals surface area contributed by atoms with Crippen molar-refractivity contribution in [1.29, 1.82) is 0 Å². The largest absolute Gasteiger partial charge is 0.493 e. The van der Waals surface area contributed by atoms with Gasteiger partial charge in [0, 0.05) is 11.1 Å². The fraction of sp³-hybridized carbons (Fsp3) is 0.120. The first kappa shape index (κ1) is 18.7. The lowest BCUT2D eigenvalue weighted by atomic mass is 9.97. The van der Waals surface area contributed by atoms with E-state index >= 15 is 0 Å². The average molecular weight is 382 g/mol. The molecule has 1 aromatic heterocycles. The third kappa shape index (κ3) is 3.83. The maximum Gasteiger partial charge on any atom is 0.161 e. The number of aromatic nitrogens is 2. The molecule has 0 bridgehead atoms. The summed E-state index contributed by atoms with van der Waals surface area (Å²) in [6, 6.07) is 26.7. The SMILES string of the molecule is COc1ccc(-c2nnc(C)cc2-c2ccc(-c3ccccc3)cc2)cc1OC. The first-order chi connectivity index (χ1) is 14.2. The molecule has 0 spiro atoms. The first-order valence-electron chi connectivity index (χ1n) is 9.42. The lowest BCUT2D eigenvalue weighted by molar-refractivity contribution is 0.355. The van der Waals surface area contributed by atoms with Crippen LogP contribution in [0.5, 0.6) is 11.5 Å². The molecule has 144 valence electrons. The lowest BCUT2D eigenvalue weighted by Crippen LogP contribution is -1.96. The smallest absolute Gasteiger partial charge is 0.161 e. The molecule has 0 aliphatic carbocycles. The molecule has 0 saturated carbocycles. The molecule has 4 rings (SSSR count). The molecular formula is C25H22N2O2. The van der Waals surface area contributed by atoms with Crippen molar-refractivity contribution >= 4 is 0 Å². The molecule has 29 heavy (non-hydrogen) atoms. The number of nitrogens with zero attached hydrogens (tertiary/aromatic N) is 2. The van der Waals surface area contributed by atoms with Crippen LogP contribution in [0.2, 0.25) is 0 Å². The minimum Gasteiger partial charge on any atom is -0.493 e. The Morgan fingerprint density at radius 1 is 0.586 bits per heavy atom. The molecule has 0 N–H and O–H groups in total. The van der Waals surface area contributed by atoms with Crippen LogP contribution in [-0.2, 0) is 0 Å². The zero-order valence-corrected chi connectivity index (χ0v) is 16.7.